The lowest BCUT2D eigenvalue weighted by Crippen LogP contribution is -2.01. The van der Waals surface area contributed by atoms with E-state index >= 15 is 0 Å². The van der Waals surface area contributed by atoms with Crippen molar-refractivity contribution >= 4 is 33.1 Å². The number of halogens is 1. The highest BCUT2D eigenvalue weighted by atomic mass is 35.5. The summed E-state index contributed by atoms with van der Waals surface area (Å²) < 4.78 is 0. The maximum absolute atomic E-state index is 7.29. The van der Waals surface area contributed by atoms with Gasteiger partial charge in [-0.3, -0.25) is 0 Å². The molecule has 0 bridgehead atoms. The first kappa shape index (κ1) is 26.9. The Morgan fingerprint density at radius 2 is 0.867 bits per heavy atom. The molecule has 0 aliphatic rings. The Balaban J connectivity index is 1.43. The summed E-state index contributed by atoms with van der Waals surface area (Å²) in [7, 11) is 0. The summed E-state index contributed by atoms with van der Waals surface area (Å²) in [6.07, 6.45) is 0. The van der Waals surface area contributed by atoms with Gasteiger partial charge in [-0.15, -0.1) is 0 Å². The molecule has 1 aromatic heterocycles. The van der Waals surface area contributed by atoms with Gasteiger partial charge in [-0.05, 0) is 51.0 Å². The fourth-order valence-corrected chi connectivity index (χ4v) is 6.21. The molecule has 0 spiro atoms. The van der Waals surface area contributed by atoms with Gasteiger partial charge in [-0.1, -0.05) is 151 Å². The topological polar surface area (TPSA) is 38.7 Å². The molecule has 45 heavy (non-hydrogen) atoms. The Hall–Kier alpha value is -5.64. The number of benzene rings is 7. The van der Waals surface area contributed by atoms with E-state index in [1.54, 1.807) is 0 Å². The highest BCUT2D eigenvalue weighted by molar-refractivity contribution is 6.39. The lowest BCUT2D eigenvalue weighted by atomic mass is 9.92. The van der Waals surface area contributed by atoms with Crippen LogP contribution in [0.15, 0.2) is 158 Å². The van der Waals surface area contributed by atoms with Gasteiger partial charge in [0.05, 0.1) is 5.02 Å². The quantitative estimate of drug-likeness (QED) is 0.199. The number of nitrogens with zero attached hydrogens (tertiary/aromatic N) is 3. The number of fused-ring (bicyclic) bond motifs is 2. The standard InChI is InChI=1S/C41H26ClN3/c42-38-34-23-22-32(27-12-4-1-5-13-27)25-36(34)37(26-35(38)33-21-20-28-14-10-11-19-31(28)24-33)41-44-39(29-15-6-2-7-16-29)43-40(45-41)30-17-8-3-9-18-30/h1-26H. The second-order valence-electron chi connectivity index (χ2n) is 11.0. The van der Waals surface area contributed by atoms with E-state index in [2.05, 4.69) is 91.0 Å². The van der Waals surface area contributed by atoms with Gasteiger partial charge in [0, 0.05) is 27.6 Å². The Morgan fingerprint density at radius 1 is 0.333 bits per heavy atom. The van der Waals surface area contributed by atoms with E-state index in [4.69, 9.17) is 26.6 Å². The summed E-state index contributed by atoms with van der Waals surface area (Å²) in [4.78, 5) is 15.1. The zero-order valence-electron chi connectivity index (χ0n) is 24.2. The molecule has 0 saturated heterocycles. The van der Waals surface area contributed by atoms with Crippen molar-refractivity contribution in [3.63, 3.8) is 0 Å². The predicted molar refractivity (Wildman–Crippen MR) is 187 cm³/mol. The fourth-order valence-electron chi connectivity index (χ4n) is 5.88. The maximum atomic E-state index is 7.29. The molecule has 0 unspecified atom stereocenters. The summed E-state index contributed by atoms with van der Waals surface area (Å²) in [5.74, 6) is 1.83. The molecule has 0 atom stereocenters. The molecule has 1 heterocycles. The molecule has 0 aliphatic carbocycles. The zero-order chi connectivity index (χ0) is 30.2. The van der Waals surface area contributed by atoms with Crippen molar-refractivity contribution in [1.82, 2.24) is 15.0 Å². The first-order valence-corrected chi connectivity index (χ1v) is 15.3. The minimum Gasteiger partial charge on any atom is -0.208 e. The molecule has 0 radical (unpaired) electrons. The van der Waals surface area contributed by atoms with Gasteiger partial charge < -0.3 is 0 Å². The van der Waals surface area contributed by atoms with Crippen molar-refractivity contribution in [2.75, 3.05) is 0 Å². The van der Waals surface area contributed by atoms with E-state index in [-0.39, 0.29) is 0 Å². The third-order valence-corrected chi connectivity index (χ3v) is 8.59. The van der Waals surface area contributed by atoms with E-state index in [1.165, 1.54) is 5.39 Å². The molecule has 7 aromatic carbocycles. The van der Waals surface area contributed by atoms with Crippen LogP contribution in [-0.2, 0) is 0 Å². The fraction of sp³-hybridized carbons (Fsp3) is 0. The van der Waals surface area contributed by atoms with Gasteiger partial charge >= 0.3 is 0 Å². The SMILES string of the molecule is Clc1c(-c2ccc3ccccc3c2)cc(-c2nc(-c3ccccc3)nc(-c3ccccc3)n2)c2cc(-c3ccccc3)ccc12. The van der Waals surface area contributed by atoms with Crippen molar-refractivity contribution in [2.45, 2.75) is 0 Å². The zero-order valence-corrected chi connectivity index (χ0v) is 25.0. The van der Waals surface area contributed by atoms with Gasteiger partial charge in [0.25, 0.3) is 0 Å². The molecule has 0 fully saturated rings. The Bertz CT molecular complexity index is 2260. The maximum Gasteiger partial charge on any atom is 0.164 e. The van der Waals surface area contributed by atoms with Crippen LogP contribution in [0.3, 0.4) is 0 Å². The number of rotatable bonds is 5. The molecule has 0 saturated carbocycles. The van der Waals surface area contributed by atoms with Gasteiger partial charge in [0.2, 0.25) is 0 Å². The van der Waals surface area contributed by atoms with Crippen LogP contribution in [0.5, 0.6) is 0 Å². The first-order chi connectivity index (χ1) is 22.2. The smallest absolute Gasteiger partial charge is 0.164 e. The van der Waals surface area contributed by atoms with Crippen molar-refractivity contribution in [3.05, 3.63) is 163 Å². The molecular formula is C41H26ClN3. The minimum absolute atomic E-state index is 0.594. The Kier molecular flexibility index (Phi) is 6.86. The third-order valence-electron chi connectivity index (χ3n) is 8.18. The summed E-state index contributed by atoms with van der Waals surface area (Å²) in [5.41, 5.74) is 6.94. The van der Waals surface area contributed by atoms with E-state index < -0.39 is 0 Å². The molecule has 3 nitrogen and oxygen atoms in total. The predicted octanol–water partition coefficient (Wildman–Crippen LogP) is 11.2. The van der Waals surface area contributed by atoms with Crippen LogP contribution in [0.2, 0.25) is 5.02 Å². The molecule has 0 aliphatic heterocycles. The van der Waals surface area contributed by atoms with Crippen molar-refractivity contribution in [1.29, 1.82) is 0 Å². The van der Waals surface area contributed by atoms with E-state index in [0.717, 1.165) is 55.1 Å². The lowest BCUT2D eigenvalue weighted by Gasteiger charge is -2.16. The molecule has 212 valence electrons. The first-order valence-electron chi connectivity index (χ1n) is 14.9. The molecule has 8 rings (SSSR count). The van der Waals surface area contributed by atoms with Crippen LogP contribution < -0.4 is 0 Å². The van der Waals surface area contributed by atoms with Crippen LogP contribution in [0.4, 0.5) is 0 Å². The minimum atomic E-state index is 0.594. The van der Waals surface area contributed by atoms with Gasteiger partial charge in [0.15, 0.2) is 17.5 Å². The highest BCUT2D eigenvalue weighted by Gasteiger charge is 2.19. The van der Waals surface area contributed by atoms with E-state index in [1.807, 2.05) is 66.7 Å². The van der Waals surface area contributed by atoms with Gasteiger partial charge in [0.1, 0.15) is 0 Å². The second kappa shape index (κ2) is 11.5. The highest BCUT2D eigenvalue weighted by Crippen LogP contribution is 2.42. The van der Waals surface area contributed by atoms with Crippen LogP contribution in [-0.4, -0.2) is 15.0 Å². The summed E-state index contributed by atoms with van der Waals surface area (Å²) in [5, 5.41) is 4.97. The molecular weight excluding hydrogens is 570 g/mol. The van der Waals surface area contributed by atoms with Crippen molar-refractivity contribution < 1.29 is 0 Å². The molecule has 4 heteroatoms. The average Bonchev–Trinajstić information content (AvgIpc) is 3.12. The number of aromatic nitrogens is 3. The normalized spacial score (nSPS) is 11.2. The van der Waals surface area contributed by atoms with E-state index in [9.17, 15) is 0 Å². The second-order valence-corrected chi connectivity index (χ2v) is 11.4. The van der Waals surface area contributed by atoms with Crippen LogP contribution in [0.1, 0.15) is 0 Å². The number of hydrogen-bond acceptors (Lipinski definition) is 3. The lowest BCUT2D eigenvalue weighted by molar-refractivity contribution is 1.08. The Morgan fingerprint density at radius 3 is 1.51 bits per heavy atom. The van der Waals surface area contributed by atoms with Crippen LogP contribution in [0, 0.1) is 0 Å². The van der Waals surface area contributed by atoms with E-state index in [0.29, 0.717) is 22.5 Å². The van der Waals surface area contributed by atoms with Crippen molar-refractivity contribution in [3.8, 4) is 56.4 Å². The van der Waals surface area contributed by atoms with Gasteiger partial charge in [-0.2, -0.15) is 0 Å². The molecule has 8 aromatic rings. The summed E-state index contributed by atoms with van der Waals surface area (Å²) in [6.45, 7) is 0. The molecule has 0 N–H and O–H groups in total. The summed E-state index contributed by atoms with van der Waals surface area (Å²) >= 11 is 7.29. The van der Waals surface area contributed by atoms with Crippen LogP contribution >= 0.6 is 11.6 Å². The third kappa shape index (κ3) is 5.14. The monoisotopic (exact) mass is 595 g/mol. The largest absolute Gasteiger partial charge is 0.208 e. The van der Waals surface area contributed by atoms with Crippen molar-refractivity contribution in [2.24, 2.45) is 0 Å². The Labute approximate surface area is 266 Å². The molecule has 0 amide bonds. The summed E-state index contributed by atoms with van der Waals surface area (Å²) in [6, 6.07) is 54.0. The van der Waals surface area contributed by atoms with Crippen LogP contribution in [0.25, 0.3) is 78.0 Å². The number of hydrogen-bond donors (Lipinski definition) is 0. The average molecular weight is 596 g/mol. The van der Waals surface area contributed by atoms with Gasteiger partial charge in [-0.25, -0.2) is 15.0 Å².